The van der Waals surface area contributed by atoms with Crippen LogP contribution in [0.25, 0.3) is 0 Å². The first-order valence-electron chi connectivity index (χ1n) is 6.87. The van der Waals surface area contributed by atoms with Gasteiger partial charge in [0.2, 0.25) is 10.0 Å². The van der Waals surface area contributed by atoms with Crippen molar-refractivity contribution in [3.63, 3.8) is 0 Å². The fraction of sp³-hybridized carbons (Fsp3) is 0.571. The molecule has 0 bridgehead atoms. The van der Waals surface area contributed by atoms with Crippen molar-refractivity contribution in [2.75, 3.05) is 18.9 Å². The predicted molar refractivity (Wildman–Crippen MR) is 81.1 cm³/mol. The van der Waals surface area contributed by atoms with E-state index in [4.69, 9.17) is 5.14 Å². The third-order valence-corrected chi connectivity index (χ3v) is 5.07. The molecule has 3 atom stereocenters. The average Bonchev–Trinajstić information content (AvgIpc) is 2.35. The lowest BCUT2D eigenvalue weighted by Crippen LogP contribution is -2.48. The topological polar surface area (TPSA) is 75.4 Å². The van der Waals surface area contributed by atoms with E-state index in [9.17, 15) is 8.42 Å². The summed E-state index contributed by atoms with van der Waals surface area (Å²) in [5.41, 5.74) is 0.936. The molecule has 1 aromatic rings. The Balaban J connectivity index is 2.07. The Bertz CT molecular complexity index is 556. The minimum atomic E-state index is -3.61. The van der Waals surface area contributed by atoms with Gasteiger partial charge in [0.15, 0.2) is 0 Å². The Kier molecular flexibility index (Phi) is 4.36. The number of benzene rings is 1. The van der Waals surface area contributed by atoms with Gasteiger partial charge in [-0.1, -0.05) is 6.92 Å². The molecule has 6 heteroatoms. The Hall–Kier alpha value is -1.11. The molecule has 20 heavy (non-hydrogen) atoms. The molecule has 1 aromatic carbocycles. The van der Waals surface area contributed by atoms with Crippen LogP contribution in [0.15, 0.2) is 29.2 Å². The molecule has 0 saturated carbocycles. The van der Waals surface area contributed by atoms with E-state index in [1.54, 1.807) is 24.3 Å². The standard InChI is InChI=1S/C14H23N3O2S/c1-10-9-17(3)11(2)8-14(10)16-12-4-6-13(7-5-12)20(15,18)19/h4-7,10-11,14,16H,8-9H2,1-3H3,(H2,15,18,19). The highest BCUT2D eigenvalue weighted by Gasteiger charge is 2.28. The highest BCUT2D eigenvalue weighted by molar-refractivity contribution is 7.89. The third-order valence-electron chi connectivity index (χ3n) is 4.15. The maximum absolute atomic E-state index is 11.2. The first-order chi connectivity index (χ1) is 9.27. The van der Waals surface area contributed by atoms with Crippen LogP contribution in [-0.2, 0) is 10.0 Å². The minimum Gasteiger partial charge on any atom is -0.382 e. The molecule has 0 radical (unpaired) electrons. The molecule has 0 aromatic heterocycles. The smallest absolute Gasteiger partial charge is 0.238 e. The molecule has 5 nitrogen and oxygen atoms in total. The van der Waals surface area contributed by atoms with Gasteiger partial charge < -0.3 is 10.2 Å². The van der Waals surface area contributed by atoms with E-state index in [0.29, 0.717) is 18.0 Å². The van der Waals surface area contributed by atoms with Crippen LogP contribution >= 0.6 is 0 Å². The van der Waals surface area contributed by atoms with Crippen LogP contribution in [-0.4, -0.2) is 39.0 Å². The Morgan fingerprint density at radius 1 is 1.25 bits per heavy atom. The molecule has 1 aliphatic rings. The first-order valence-corrected chi connectivity index (χ1v) is 8.41. The highest BCUT2D eigenvalue weighted by atomic mass is 32.2. The van der Waals surface area contributed by atoms with E-state index in [1.165, 1.54) is 0 Å². The van der Waals surface area contributed by atoms with Crippen LogP contribution in [0.3, 0.4) is 0 Å². The van der Waals surface area contributed by atoms with Gasteiger partial charge in [0.25, 0.3) is 0 Å². The lowest BCUT2D eigenvalue weighted by Gasteiger charge is -2.40. The van der Waals surface area contributed by atoms with Crippen molar-refractivity contribution in [1.82, 2.24) is 4.90 Å². The van der Waals surface area contributed by atoms with Gasteiger partial charge in [0, 0.05) is 24.3 Å². The van der Waals surface area contributed by atoms with Gasteiger partial charge in [-0.3, -0.25) is 0 Å². The summed E-state index contributed by atoms with van der Waals surface area (Å²) < 4.78 is 22.4. The largest absolute Gasteiger partial charge is 0.382 e. The molecule has 2 rings (SSSR count). The summed E-state index contributed by atoms with van der Waals surface area (Å²) in [6.07, 6.45) is 1.08. The molecular weight excluding hydrogens is 274 g/mol. The zero-order valence-corrected chi connectivity index (χ0v) is 13.0. The van der Waals surface area contributed by atoms with Gasteiger partial charge in [0.05, 0.1) is 4.90 Å². The van der Waals surface area contributed by atoms with E-state index < -0.39 is 10.0 Å². The maximum Gasteiger partial charge on any atom is 0.238 e. The van der Waals surface area contributed by atoms with Crippen molar-refractivity contribution in [1.29, 1.82) is 0 Å². The molecule has 0 spiro atoms. The molecule has 0 aliphatic carbocycles. The van der Waals surface area contributed by atoms with Crippen molar-refractivity contribution in [2.45, 2.75) is 37.2 Å². The number of hydrogen-bond donors (Lipinski definition) is 2. The molecule has 1 fully saturated rings. The summed E-state index contributed by atoms with van der Waals surface area (Å²) in [6, 6.07) is 7.58. The maximum atomic E-state index is 11.2. The second-order valence-electron chi connectivity index (χ2n) is 5.82. The van der Waals surface area contributed by atoms with Crippen LogP contribution in [0, 0.1) is 5.92 Å². The monoisotopic (exact) mass is 297 g/mol. The number of anilines is 1. The van der Waals surface area contributed by atoms with Crippen molar-refractivity contribution in [2.24, 2.45) is 11.1 Å². The van der Waals surface area contributed by atoms with Crippen LogP contribution in [0.1, 0.15) is 20.3 Å². The van der Waals surface area contributed by atoms with Crippen molar-refractivity contribution in [3.05, 3.63) is 24.3 Å². The predicted octanol–water partition coefficient (Wildman–Crippen LogP) is 1.47. The normalized spacial score (nSPS) is 28.3. The van der Waals surface area contributed by atoms with Crippen molar-refractivity contribution in [3.8, 4) is 0 Å². The number of sulfonamides is 1. The number of nitrogens with one attached hydrogen (secondary N) is 1. The highest BCUT2D eigenvalue weighted by Crippen LogP contribution is 2.24. The fourth-order valence-corrected chi connectivity index (χ4v) is 3.21. The number of nitrogens with two attached hydrogens (primary N) is 1. The second-order valence-corrected chi connectivity index (χ2v) is 7.38. The zero-order valence-electron chi connectivity index (χ0n) is 12.2. The van der Waals surface area contributed by atoms with Crippen LogP contribution < -0.4 is 10.5 Å². The summed E-state index contributed by atoms with van der Waals surface area (Å²) in [7, 11) is -1.46. The molecule has 3 N–H and O–H groups in total. The van der Waals surface area contributed by atoms with Gasteiger partial charge in [-0.05, 0) is 50.6 Å². The molecule has 1 saturated heterocycles. The zero-order chi connectivity index (χ0) is 14.9. The van der Waals surface area contributed by atoms with Gasteiger partial charge in [0.1, 0.15) is 0 Å². The summed E-state index contributed by atoms with van der Waals surface area (Å²) in [4.78, 5) is 2.51. The van der Waals surface area contributed by atoms with Gasteiger partial charge in [-0.15, -0.1) is 0 Å². The number of hydrogen-bond acceptors (Lipinski definition) is 4. The van der Waals surface area contributed by atoms with Crippen molar-refractivity contribution >= 4 is 15.7 Å². The fourth-order valence-electron chi connectivity index (χ4n) is 2.70. The van der Waals surface area contributed by atoms with E-state index in [1.807, 2.05) is 0 Å². The Labute approximate surface area is 121 Å². The summed E-state index contributed by atoms with van der Waals surface area (Å²) in [5, 5.41) is 8.59. The van der Waals surface area contributed by atoms with Crippen molar-refractivity contribution < 1.29 is 8.42 Å². The van der Waals surface area contributed by atoms with E-state index >= 15 is 0 Å². The molecule has 0 amide bonds. The summed E-state index contributed by atoms with van der Waals surface area (Å²) in [6.45, 7) is 5.53. The summed E-state index contributed by atoms with van der Waals surface area (Å²) in [5.74, 6) is 0.550. The lowest BCUT2D eigenvalue weighted by atomic mass is 9.89. The third kappa shape index (κ3) is 3.50. The number of rotatable bonds is 3. The molecular formula is C14H23N3O2S. The number of primary sulfonamides is 1. The number of likely N-dealkylation sites (tertiary alicyclic amines) is 1. The van der Waals surface area contributed by atoms with Gasteiger partial charge >= 0.3 is 0 Å². The SMILES string of the molecule is CC1CN(C)C(C)CC1Nc1ccc(S(N)(=O)=O)cc1. The first kappa shape index (κ1) is 15.3. The molecule has 3 unspecified atom stereocenters. The number of nitrogens with zero attached hydrogens (tertiary/aromatic N) is 1. The Morgan fingerprint density at radius 2 is 1.85 bits per heavy atom. The van der Waals surface area contributed by atoms with Gasteiger partial charge in [-0.2, -0.15) is 0 Å². The Morgan fingerprint density at radius 3 is 2.40 bits per heavy atom. The van der Waals surface area contributed by atoms with Crippen LogP contribution in [0.4, 0.5) is 5.69 Å². The van der Waals surface area contributed by atoms with E-state index in [0.717, 1.165) is 18.7 Å². The minimum absolute atomic E-state index is 0.146. The average molecular weight is 297 g/mol. The number of piperidine rings is 1. The summed E-state index contributed by atoms with van der Waals surface area (Å²) >= 11 is 0. The quantitative estimate of drug-likeness (QED) is 0.886. The molecule has 112 valence electrons. The second kappa shape index (κ2) is 5.71. The van der Waals surface area contributed by atoms with E-state index in [2.05, 4.69) is 31.1 Å². The van der Waals surface area contributed by atoms with E-state index in [-0.39, 0.29) is 4.90 Å². The van der Waals surface area contributed by atoms with Gasteiger partial charge in [-0.25, -0.2) is 13.6 Å². The van der Waals surface area contributed by atoms with Crippen LogP contribution in [0.5, 0.6) is 0 Å². The molecule has 1 aliphatic heterocycles. The lowest BCUT2D eigenvalue weighted by molar-refractivity contribution is 0.145. The van der Waals surface area contributed by atoms with Crippen LogP contribution in [0.2, 0.25) is 0 Å². The molecule has 1 heterocycles.